The van der Waals surface area contributed by atoms with Gasteiger partial charge in [0.25, 0.3) is 0 Å². The molecule has 2 aromatic rings. The molecule has 2 aliphatic heterocycles. The van der Waals surface area contributed by atoms with Crippen LogP contribution >= 0.6 is 0 Å². The highest BCUT2D eigenvalue weighted by Gasteiger charge is 2.47. The van der Waals surface area contributed by atoms with Crippen molar-refractivity contribution in [1.29, 1.82) is 0 Å². The number of rotatable bonds is 8. The van der Waals surface area contributed by atoms with Crippen LogP contribution in [0.5, 0.6) is 5.75 Å². The highest BCUT2D eigenvalue weighted by molar-refractivity contribution is 5.79. The molecule has 4 rings (SSSR count). The monoisotopic (exact) mass is 444 g/mol. The van der Waals surface area contributed by atoms with Gasteiger partial charge in [0.1, 0.15) is 11.3 Å². The van der Waals surface area contributed by atoms with Gasteiger partial charge < -0.3 is 19.1 Å². The first kappa shape index (κ1) is 22.6. The number of carbonyl (C=O) groups excluding carboxylic acids is 1. The van der Waals surface area contributed by atoms with Crippen molar-refractivity contribution in [2.75, 3.05) is 60.2 Å². The Labute approximate surface area is 188 Å². The van der Waals surface area contributed by atoms with Crippen molar-refractivity contribution in [3.05, 3.63) is 35.7 Å². The minimum absolute atomic E-state index is 0.103. The van der Waals surface area contributed by atoms with Gasteiger partial charge in [-0.05, 0) is 41.0 Å². The fourth-order valence-corrected chi connectivity index (χ4v) is 4.76. The molecule has 1 aromatic heterocycles. The Bertz CT molecular complexity index is 900. The van der Waals surface area contributed by atoms with Crippen LogP contribution in [0.4, 0.5) is 0 Å². The van der Waals surface area contributed by atoms with Gasteiger partial charge in [-0.15, -0.1) is 5.10 Å². The molecule has 10 nitrogen and oxygen atoms in total. The van der Waals surface area contributed by atoms with E-state index >= 15 is 0 Å². The van der Waals surface area contributed by atoms with Crippen molar-refractivity contribution in [3.8, 4) is 5.75 Å². The average Bonchev–Trinajstić information content (AvgIpc) is 3.32. The summed E-state index contributed by atoms with van der Waals surface area (Å²) in [6.45, 7) is 5.29. The molecular formula is C22H32N6O4. The van der Waals surface area contributed by atoms with Gasteiger partial charge in [-0.1, -0.05) is 12.1 Å². The summed E-state index contributed by atoms with van der Waals surface area (Å²) in [6.07, 6.45) is 2.12. The van der Waals surface area contributed by atoms with E-state index in [1.54, 1.807) is 14.2 Å². The predicted molar refractivity (Wildman–Crippen MR) is 116 cm³/mol. The van der Waals surface area contributed by atoms with Gasteiger partial charge in [-0.3, -0.25) is 9.69 Å². The fourth-order valence-electron chi connectivity index (χ4n) is 4.76. The Kier molecular flexibility index (Phi) is 7.33. The summed E-state index contributed by atoms with van der Waals surface area (Å²) in [4.78, 5) is 17.7. The summed E-state index contributed by atoms with van der Waals surface area (Å²) in [6, 6.07) is 7.69. The summed E-state index contributed by atoms with van der Waals surface area (Å²) in [5, 5.41) is 12.7. The van der Waals surface area contributed by atoms with E-state index < -0.39 is 5.54 Å². The normalized spacial score (nSPS) is 22.1. The zero-order chi connectivity index (χ0) is 22.4. The lowest BCUT2D eigenvalue weighted by molar-refractivity contribution is -0.137. The molecule has 0 saturated carbocycles. The van der Waals surface area contributed by atoms with E-state index in [1.807, 2.05) is 33.8 Å². The molecule has 2 saturated heterocycles. The number of benzene rings is 1. The Morgan fingerprint density at radius 1 is 1.22 bits per heavy atom. The quantitative estimate of drug-likeness (QED) is 0.588. The number of morpholine rings is 1. The number of methoxy groups -OCH3 is 2. The molecule has 2 fully saturated rings. The lowest BCUT2D eigenvalue weighted by Crippen LogP contribution is -2.61. The molecule has 1 amide bonds. The lowest BCUT2D eigenvalue weighted by Gasteiger charge is -2.49. The molecule has 0 spiro atoms. The first-order chi connectivity index (χ1) is 15.7. The van der Waals surface area contributed by atoms with Crippen molar-refractivity contribution in [2.24, 2.45) is 0 Å². The maximum atomic E-state index is 13.3. The van der Waals surface area contributed by atoms with Crippen molar-refractivity contribution >= 4 is 5.91 Å². The van der Waals surface area contributed by atoms with Crippen molar-refractivity contribution < 1.29 is 19.0 Å². The number of carbonyl (C=O) groups is 1. The minimum atomic E-state index is -0.441. The highest BCUT2D eigenvalue weighted by atomic mass is 16.5. The van der Waals surface area contributed by atoms with Gasteiger partial charge in [0.2, 0.25) is 5.91 Å². The van der Waals surface area contributed by atoms with E-state index in [0.29, 0.717) is 39.3 Å². The van der Waals surface area contributed by atoms with Crippen LogP contribution in [0.3, 0.4) is 0 Å². The molecule has 1 aromatic carbocycles. The smallest absolute Gasteiger partial charge is 0.227 e. The van der Waals surface area contributed by atoms with Gasteiger partial charge >= 0.3 is 0 Å². The average molecular weight is 445 g/mol. The fraction of sp³-hybridized carbons (Fsp3) is 0.636. The first-order valence-corrected chi connectivity index (χ1v) is 11.2. The third kappa shape index (κ3) is 4.77. The van der Waals surface area contributed by atoms with Crippen LogP contribution in [-0.2, 0) is 32.8 Å². The molecule has 32 heavy (non-hydrogen) atoms. The van der Waals surface area contributed by atoms with Crippen LogP contribution in [0, 0.1) is 0 Å². The second-order valence-electron chi connectivity index (χ2n) is 8.30. The van der Waals surface area contributed by atoms with E-state index in [2.05, 4.69) is 20.4 Å². The molecule has 0 aliphatic carbocycles. The third-order valence-electron chi connectivity index (χ3n) is 6.38. The molecule has 0 radical (unpaired) electrons. The van der Waals surface area contributed by atoms with Crippen molar-refractivity contribution in [1.82, 2.24) is 30.0 Å². The topological polar surface area (TPSA) is 94.8 Å². The number of likely N-dealkylation sites (tertiary alicyclic amines) is 1. The minimum Gasteiger partial charge on any atom is -0.497 e. The van der Waals surface area contributed by atoms with Gasteiger partial charge in [-0.2, -0.15) is 0 Å². The molecule has 0 bridgehead atoms. The van der Waals surface area contributed by atoms with Crippen LogP contribution in [0.25, 0.3) is 0 Å². The van der Waals surface area contributed by atoms with Gasteiger partial charge in [0, 0.05) is 33.3 Å². The van der Waals surface area contributed by atoms with Gasteiger partial charge in [0.05, 0.1) is 39.9 Å². The molecule has 0 N–H and O–H groups in total. The van der Waals surface area contributed by atoms with Crippen molar-refractivity contribution in [2.45, 2.75) is 31.3 Å². The number of tetrazole rings is 1. The molecule has 1 unspecified atom stereocenters. The molecule has 3 heterocycles. The first-order valence-electron chi connectivity index (χ1n) is 11.2. The standard InChI is InChI=1S/C22H32N6O4/c1-30-12-11-28-21(23-24-25-28)22(27-9-13-32-14-10-27)7-4-8-26(17-22)20(29)16-18-5-3-6-19(15-18)31-2/h3,5-6,15H,4,7-14,16-17H2,1-2H3. The number of hydrogen-bond acceptors (Lipinski definition) is 8. The van der Waals surface area contributed by atoms with E-state index in [1.165, 1.54) is 0 Å². The number of aromatic nitrogens is 4. The summed E-state index contributed by atoms with van der Waals surface area (Å²) in [5.41, 5.74) is 0.505. The molecule has 2 aliphatic rings. The second kappa shape index (κ2) is 10.4. The highest BCUT2D eigenvalue weighted by Crippen LogP contribution is 2.37. The maximum absolute atomic E-state index is 13.3. The van der Waals surface area contributed by atoms with Gasteiger partial charge in [0.15, 0.2) is 5.82 Å². The summed E-state index contributed by atoms with van der Waals surface area (Å²) >= 11 is 0. The molecule has 1 atom stereocenters. The van der Waals surface area contributed by atoms with Crippen molar-refractivity contribution in [3.63, 3.8) is 0 Å². The Hall–Kier alpha value is -2.56. The number of piperidine rings is 1. The van der Waals surface area contributed by atoms with E-state index in [0.717, 1.165) is 49.6 Å². The number of ether oxygens (including phenoxy) is 3. The SMILES string of the molecule is COCCn1nnnc1C1(N2CCOCC2)CCCN(C(=O)Cc2cccc(OC)c2)C1. The van der Waals surface area contributed by atoms with Crippen LogP contribution in [-0.4, -0.2) is 96.1 Å². The van der Waals surface area contributed by atoms with Gasteiger partial charge in [-0.25, -0.2) is 4.68 Å². The van der Waals surface area contributed by atoms with Crippen LogP contribution in [0.2, 0.25) is 0 Å². The zero-order valence-corrected chi connectivity index (χ0v) is 18.9. The number of hydrogen-bond donors (Lipinski definition) is 0. The Balaban J connectivity index is 1.59. The maximum Gasteiger partial charge on any atom is 0.227 e. The second-order valence-corrected chi connectivity index (χ2v) is 8.30. The summed E-state index contributed by atoms with van der Waals surface area (Å²) in [7, 11) is 3.30. The lowest BCUT2D eigenvalue weighted by atomic mass is 9.85. The Morgan fingerprint density at radius 3 is 2.84 bits per heavy atom. The van der Waals surface area contributed by atoms with E-state index in [-0.39, 0.29) is 5.91 Å². The van der Waals surface area contributed by atoms with Crippen LogP contribution < -0.4 is 4.74 Å². The number of nitrogens with zero attached hydrogens (tertiary/aromatic N) is 6. The third-order valence-corrected chi connectivity index (χ3v) is 6.38. The summed E-state index contributed by atoms with van der Waals surface area (Å²) < 4.78 is 18.0. The number of amides is 1. The largest absolute Gasteiger partial charge is 0.497 e. The van der Waals surface area contributed by atoms with Crippen LogP contribution in [0.15, 0.2) is 24.3 Å². The molecule has 10 heteroatoms. The Morgan fingerprint density at radius 2 is 2.06 bits per heavy atom. The summed E-state index contributed by atoms with van der Waals surface area (Å²) in [5.74, 6) is 1.66. The van der Waals surface area contributed by atoms with E-state index in [4.69, 9.17) is 14.2 Å². The molecular weight excluding hydrogens is 412 g/mol. The van der Waals surface area contributed by atoms with E-state index in [9.17, 15) is 4.79 Å². The molecule has 174 valence electrons. The predicted octanol–water partition coefficient (Wildman–Crippen LogP) is 0.721. The van der Waals surface area contributed by atoms with Crippen LogP contribution in [0.1, 0.15) is 24.2 Å². The zero-order valence-electron chi connectivity index (χ0n) is 18.9.